The Morgan fingerprint density at radius 3 is 2.89 bits per heavy atom. The first-order valence-corrected chi connectivity index (χ1v) is 7.51. The quantitative estimate of drug-likeness (QED) is 0.907. The van der Waals surface area contributed by atoms with E-state index in [1.165, 1.54) is 10.5 Å². The van der Waals surface area contributed by atoms with Gasteiger partial charge in [0.05, 0.1) is 0 Å². The molecule has 1 atom stereocenters. The first-order chi connectivity index (χ1) is 9.18. The fourth-order valence-electron chi connectivity index (χ4n) is 2.34. The Morgan fingerprint density at radius 2 is 2.21 bits per heavy atom. The lowest BCUT2D eigenvalue weighted by Gasteiger charge is -2.15. The van der Waals surface area contributed by atoms with Crippen molar-refractivity contribution in [1.82, 2.24) is 19.5 Å². The van der Waals surface area contributed by atoms with E-state index >= 15 is 0 Å². The highest BCUT2D eigenvalue weighted by molar-refractivity contribution is 7.89. The van der Waals surface area contributed by atoms with Crippen LogP contribution in [0.15, 0.2) is 41.7 Å². The topological polar surface area (TPSA) is 79.0 Å². The van der Waals surface area contributed by atoms with Gasteiger partial charge in [-0.3, -0.25) is 10.1 Å². The molecule has 19 heavy (non-hydrogen) atoms. The molecule has 7 heteroatoms. The van der Waals surface area contributed by atoms with Crippen LogP contribution in [0.5, 0.6) is 0 Å². The van der Waals surface area contributed by atoms with Crippen LogP contribution in [0, 0.1) is 0 Å². The Labute approximate surface area is 111 Å². The Balaban J connectivity index is 1.81. The summed E-state index contributed by atoms with van der Waals surface area (Å²) < 4.78 is 26.3. The number of hydrogen-bond donors (Lipinski definition) is 1. The maximum atomic E-state index is 12.4. The number of nitrogens with zero attached hydrogens (tertiary/aromatic N) is 3. The van der Waals surface area contributed by atoms with Crippen LogP contribution >= 0.6 is 0 Å². The SMILES string of the molecule is O=S(=O)(c1cccnc1)N1CC[C@@H](c2ccn[nH]2)C1. The molecule has 1 aliphatic rings. The van der Waals surface area contributed by atoms with Crippen molar-refractivity contribution in [1.29, 1.82) is 0 Å². The second kappa shape index (κ2) is 4.75. The molecule has 1 saturated heterocycles. The third-order valence-electron chi connectivity index (χ3n) is 3.39. The minimum absolute atomic E-state index is 0.189. The predicted molar refractivity (Wildman–Crippen MR) is 68.9 cm³/mol. The van der Waals surface area contributed by atoms with Crippen molar-refractivity contribution >= 4 is 10.0 Å². The average molecular weight is 278 g/mol. The lowest BCUT2D eigenvalue weighted by atomic mass is 10.1. The second-order valence-electron chi connectivity index (χ2n) is 4.55. The van der Waals surface area contributed by atoms with Gasteiger partial charge in [-0.2, -0.15) is 9.40 Å². The zero-order chi connectivity index (χ0) is 13.3. The number of aromatic amines is 1. The van der Waals surface area contributed by atoms with E-state index < -0.39 is 10.0 Å². The molecule has 1 fully saturated rings. The minimum atomic E-state index is -3.43. The summed E-state index contributed by atoms with van der Waals surface area (Å²) in [4.78, 5) is 4.12. The van der Waals surface area contributed by atoms with Gasteiger partial charge in [0.1, 0.15) is 4.90 Å². The van der Waals surface area contributed by atoms with E-state index in [-0.39, 0.29) is 10.8 Å². The summed E-state index contributed by atoms with van der Waals surface area (Å²) in [5.41, 5.74) is 0.990. The summed E-state index contributed by atoms with van der Waals surface area (Å²) >= 11 is 0. The number of nitrogens with one attached hydrogen (secondary N) is 1. The van der Waals surface area contributed by atoms with Crippen LogP contribution in [0.4, 0.5) is 0 Å². The lowest BCUT2D eigenvalue weighted by Crippen LogP contribution is -2.28. The minimum Gasteiger partial charge on any atom is -0.282 e. The average Bonchev–Trinajstić information content (AvgIpc) is 3.10. The second-order valence-corrected chi connectivity index (χ2v) is 6.49. The number of aromatic nitrogens is 3. The summed E-state index contributed by atoms with van der Waals surface area (Å²) in [6.45, 7) is 1.01. The molecule has 2 aromatic rings. The number of hydrogen-bond acceptors (Lipinski definition) is 4. The molecule has 6 nitrogen and oxygen atoms in total. The van der Waals surface area contributed by atoms with Crippen molar-refractivity contribution in [2.75, 3.05) is 13.1 Å². The molecule has 0 unspecified atom stereocenters. The molecule has 1 aliphatic heterocycles. The summed E-state index contributed by atoms with van der Waals surface area (Å²) in [5, 5.41) is 6.82. The van der Waals surface area contributed by atoms with Crippen LogP contribution in [0.2, 0.25) is 0 Å². The van der Waals surface area contributed by atoms with Crippen LogP contribution in [0.25, 0.3) is 0 Å². The van der Waals surface area contributed by atoms with Gasteiger partial charge in [0, 0.05) is 43.3 Å². The van der Waals surface area contributed by atoms with E-state index in [4.69, 9.17) is 0 Å². The highest BCUT2D eigenvalue weighted by Gasteiger charge is 2.33. The van der Waals surface area contributed by atoms with Crippen molar-refractivity contribution in [2.45, 2.75) is 17.2 Å². The van der Waals surface area contributed by atoms with Crippen LogP contribution < -0.4 is 0 Å². The Morgan fingerprint density at radius 1 is 1.32 bits per heavy atom. The molecule has 3 rings (SSSR count). The summed E-state index contributed by atoms with van der Waals surface area (Å²) in [6.07, 6.45) is 5.45. The molecule has 1 N–H and O–H groups in total. The highest BCUT2D eigenvalue weighted by Crippen LogP contribution is 2.29. The standard InChI is InChI=1S/C12H14N4O2S/c17-19(18,11-2-1-5-13-8-11)16-7-4-10(9-16)12-3-6-14-15-12/h1-3,5-6,8,10H,4,7,9H2,(H,14,15)/t10-/m1/s1. The summed E-state index contributed by atoms with van der Waals surface area (Å²) in [5.74, 6) is 0.189. The largest absolute Gasteiger partial charge is 0.282 e. The molecule has 0 bridgehead atoms. The van der Waals surface area contributed by atoms with Gasteiger partial charge in [0.15, 0.2) is 0 Å². The van der Waals surface area contributed by atoms with Gasteiger partial charge in [0.2, 0.25) is 10.0 Å². The van der Waals surface area contributed by atoms with E-state index in [2.05, 4.69) is 15.2 Å². The highest BCUT2D eigenvalue weighted by atomic mass is 32.2. The van der Waals surface area contributed by atoms with Crippen molar-refractivity contribution < 1.29 is 8.42 Å². The number of pyridine rings is 1. The number of rotatable bonds is 3. The molecule has 0 spiro atoms. The smallest absolute Gasteiger partial charge is 0.244 e. The maximum absolute atomic E-state index is 12.4. The molecular formula is C12H14N4O2S. The van der Waals surface area contributed by atoms with E-state index in [0.29, 0.717) is 13.1 Å². The fourth-order valence-corrected chi connectivity index (χ4v) is 3.81. The van der Waals surface area contributed by atoms with Crippen LogP contribution in [-0.4, -0.2) is 41.0 Å². The first-order valence-electron chi connectivity index (χ1n) is 6.07. The zero-order valence-electron chi connectivity index (χ0n) is 10.2. The number of H-pyrrole nitrogens is 1. The van der Waals surface area contributed by atoms with Gasteiger partial charge in [-0.05, 0) is 24.6 Å². The van der Waals surface area contributed by atoms with Crippen molar-refractivity contribution in [2.24, 2.45) is 0 Å². The van der Waals surface area contributed by atoms with Crippen LogP contribution in [-0.2, 0) is 10.0 Å². The zero-order valence-corrected chi connectivity index (χ0v) is 11.0. The molecule has 2 aromatic heterocycles. The Kier molecular flexibility index (Phi) is 3.08. The van der Waals surface area contributed by atoms with E-state index in [0.717, 1.165) is 12.1 Å². The van der Waals surface area contributed by atoms with Crippen LogP contribution in [0.3, 0.4) is 0 Å². The van der Waals surface area contributed by atoms with Crippen LogP contribution in [0.1, 0.15) is 18.0 Å². The van der Waals surface area contributed by atoms with Crippen molar-refractivity contribution in [3.05, 3.63) is 42.5 Å². The fraction of sp³-hybridized carbons (Fsp3) is 0.333. The molecule has 0 aliphatic carbocycles. The molecular weight excluding hydrogens is 264 g/mol. The van der Waals surface area contributed by atoms with Crippen molar-refractivity contribution in [3.63, 3.8) is 0 Å². The molecule has 0 radical (unpaired) electrons. The molecule has 0 aromatic carbocycles. The van der Waals surface area contributed by atoms with E-state index in [1.807, 2.05) is 6.07 Å². The molecule has 0 saturated carbocycles. The maximum Gasteiger partial charge on any atom is 0.244 e. The first kappa shape index (κ1) is 12.3. The van der Waals surface area contributed by atoms with E-state index in [1.54, 1.807) is 24.5 Å². The summed E-state index contributed by atoms with van der Waals surface area (Å²) in [7, 11) is -3.43. The van der Waals surface area contributed by atoms with Gasteiger partial charge in [0.25, 0.3) is 0 Å². The third-order valence-corrected chi connectivity index (χ3v) is 5.23. The third kappa shape index (κ3) is 2.26. The summed E-state index contributed by atoms with van der Waals surface area (Å²) in [6, 6.07) is 5.10. The Hall–Kier alpha value is -1.73. The van der Waals surface area contributed by atoms with Gasteiger partial charge >= 0.3 is 0 Å². The van der Waals surface area contributed by atoms with Gasteiger partial charge in [-0.1, -0.05) is 0 Å². The van der Waals surface area contributed by atoms with Gasteiger partial charge in [-0.25, -0.2) is 8.42 Å². The van der Waals surface area contributed by atoms with Crippen molar-refractivity contribution in [3.8, 4) is 0 Å². The normalized spacial score (nSPS) is 20.7. The predicted octanol–water partition coefficient (Wildman–Crippen LogP) is 0.983. The Bertz CT molecular complexity index is 640. The molecule has 3 heterocycles. The molecule has 100 valence electrons. The van der Waals surface area contributed by atoms with Gasteiger partial charge < -0.3 is 0 Å². The van der Waals surface area contributed by atoms with E-state index in [9.17, 15) is 8.42 Å². The lowest BCUT2D eigenvalue weighted by molar-refractivity contribution is 0.471. The monoisotopic (exact) mass is 278 g/mol. The number of sulfonamides is 1. The molecule has 0 amide bonds. The van der Waals surface area contributed by atoms with Gasteiger partial charge in [-0.15, -0.1) is 0 Å².